The van der Waals surface area contributed by atoms with Crippen LogP contribution in [0.1, 0.15) is 39.1 Å². The van der Waals surface area contributed by atoms with Crippen LogP contribution in [0.25, 0.3) is 0 Å². The van der Waals surface area contributed by atoms with Gasteiger partial charge in [0.15, 0.2) is 5.79 Å². The van der Waals surface area contributed by atoms with Crippen LogP contribution in [0.2, 0.25) is 0 Å². The SMILES string of the molecule is [B]c1ccc(C2(N3C(=O)c4ccccc4C3=O)CC3(C2)OCCO3)cc1. The molecule has 2 heterocycles. The smallest absolute Gasteiger partial charge is 0.262 e. The number of rotatable bonds is 2. The monoisotopic (exact) mass is 345 g/mol. The standard InChI is InChI=1S/C20H16BNO4/c21-14-7-5-13(6-8-14)19(11-20(12-19)25-9-10-26-20)22-17(23)15-3-1-2-4-16(15)18(22)24/h1-8H,9-12H2. The second-order valence-electron chi connectivity index (χ2n) is 7.11. The number of nitrogens with zero attached hydrogens (tertiary/aromatic N) is 1. The second-order valence-corrected chi connectivity index (χ2v) is 7.11. The van der Waals surface area contributed by atoms with E-state index in [0.29, 0.717) is 42.6 Å². The number of carbonyl (C=O) groups is 2. The summed E-state index contributed by atoms with van der Waals surface area (Å²) in [6.07, 6.45) is 0.852. The third kappa shape index (κ3) is 2.00. The third-order valence-corrected chi connectivity index (χ3v) is 5.61. The zero-order valence-corrected chi connectivity index (χ0v) is 14.1. The van der Waals surface area contributed by atoms with E-state index in [-0.39, 0.29) is 11.8 Å². The molecule has 0 atom stereocenters. The summed E-state index contributed by atoms with van der Waals surface area (Å²) in [5, 5.41) is 0. The van der Waals surface area contributed by atoms with Gasteiger partial charge in [0, 0.05) is 12.8 Å². The summed E-state index contributed by atoms with van der Waals surface area (Å²) >= 11 is 0. The molecule has 128 valence electrons. The number of hydrogen-bond donors (Lipinski definition) is 0. The highest BCUT2D eigenvalue weighted by molar-refractivity contribution is 6.32. The molecule has 6 heteroatoms. The van der Waals surface area contributed by atoms with E-state index in [9.17, 15) is 9.59 Å². The van der Waals surface area contributed by atoms with Gasteiger partial charge in [0.1, 0.15) is 7.85 Å². The van der Waals surface area contributed by atoms with Gasteiger partial charge in [-0.05, 0) is 17.7 Å². The molecular formula is C20H16BNO4. The van der Waals surface area contributed by atoms with Crippen molar-refractivity contribution in [3.63, 3.8) is 0 Å². The van der Waals surface area contributed by atoms with Crippen molar-refractivity contribution in [2.45, 2.75) is 24.2 Å². The number of imide groups is 1. The highest BCUT2D eigenvalue weighted by Gasteiger charge is 2.65. The lowest BCUT2D eigenvalue weighted by Crippen LogP contribution is -2.65. The molecule has 0 aromatic heterocycles. The highest BCUT2D eigenvalue weighted by Crippen LogP contribution is 2.57. The molecular weight excluding hydrogens is 329 g/mol. The lowest BCUT2D eigenvalue weighted by Gasteiger charge is -2.56. The predicted molar refractivity (Wildman–Crippen MR) is 94.3 cm³/mol. The Morgan fingerprint density at radius 2 is 1.38 bits per heavy atom. The summed E-state index contributed by atoms with van der Waals surface area (Å²) in [6.45, 7) is 1.06. The first-order chi connectivity index (χ1) is 12.5. The maximum atomic E-state index is 13.1. The Hall–Kier alpha value is -2.44. The summed E-state index contributed by atoms with van der Waals surface area (Å²) in [5.74, 6) is -1.25. The van der Waals surface area contributed by atoms with E-state index in [4.69, 9.17) is 17.3 Å². The first-order valence-electron chi connectivity index (χ1n) is 8.67. The number of ether oxygens (including phenoxy) is 2. The van der Waals surface area contributed by atoms with Crippen LogP contribution >= 0.6 is 0 Å². The molecule has 0 N–H and O–H groups in total. The predicted octanol–water partition coefficient (Wildman–Crippen LogP) is 1.51. The summed E-state index contributed by atoms with van der Waals surface area (Å²) in [5.41, 5.74) is 1.60. The molecule has 2 aromatic rings. The van der Waals surface area contributed by atoms with Gasteiger partial charge in [0.05, 0.1) is 29.9 Å². The van der Waals surface area contributed by atoms with Crippen LogP contribution in [0, 0.1) is 0 Å². The van der Waals surface area contributed by atoms with Crippen LogP contribution in [0.4, 0.5) is 0 Å². The molecule has 2 aliphatic heterocycles. The highest BCUT2D eigenvalue weighted by atomic mass is 16.7. The minimum atomic E-state index is -0.786. The Kier molecular flexibility index (Phi) is 3.21. The van der Waals surface area contributed by atoms with E-state index >= 15 is 0 Å². The van der Waals surface area contributed by atoms with Crippen LogP contribution in [0.3, 0.4) is 0 Å². The molecule has 2 fully saturated rings. The van der Waals surface area contributed by atoms with Gasteiger partial charge in [-0.3, -0.25) is 14.5 Å². The average molecular weight is 345 g/mol. The lowest BCUT2D eigenvalue weighted by atomic mass is 9.65. The lowest BCUT2D eigenvalue weighted by molar-refractivity contribution is -0.258. The van der Waals surface area contributed by atoms with Gasteiger partial charge >= 0.3 is 0 Å². The number of hydrogen-bond acceptors (Lipinski definition) is 4. The molecule has 1 spiro atoms. The fourth-order valence-corrected chi connectivity index (χ4v) is 4.40. The fraction of sp³-hybridized carbons (Fsp3) is 0.300. The van der Waals surface area contributed by atoms with Crippen molar-refractivity contribution in [3.8, 4) is 0 Å². The molecule has 2 aromatic carbocycles. The van der Waals surface area contributed by atoms with E-state index < -0.39 is 11.3 Å². The van der Waals surface area contributed by atoms with Crippen molar-refractivity contribution in [1.82, 2.24) is 4.90 Å². The summed E-state index contributed by atoms with van der Waals surface area (Å²) in [7, 11) is 5.83. The van der Waals surface area contributed by atoms with E-state index in [1.54, 1.807) is 36.4 Å². The Morgan fingerprint density at radius 1 is 0.846 bits per heavy atom. The van der Waals surface area contributed by atoms with Crippen LogP contribution < -0.4 is 5.46 Å². The maximum Gasteiger partial charge on any atom is 0.262 e. The normalized spacial score (nSPS) is 22.5. The molecule has 1 saturated heterocycles. The molecule has 3 aliphatic rings. The number of amides is 2. The van der Waals surface area contributed by atoms with Gasteiger partial charge in [-0.15, -0.1) is 0 Å². The molecule has 0 unspecified atom stereocenters. The second kappa shape index (κ2) is 5.28. The Balaban J connectivity index is 1.61. The minimum absolute atomic E-state index is 0.268. The number of benzene rings is 2. The molecule has 26 heavy (non-hydrogen) atoms. The Bertz CT molecular complexity index is 875. The van der Waals surface area contributed by atoms with E-state index in [1.165, 1.54) is 4.90 Å². The van der Waals surface area contributed by atoms with Gasteiger partial charge < -0.3 is 9.47 Å². The first-order valence-corrected chi connectivity index (χ1v) is 8.67. The van der Waals surface area contributed by atoms with E-state index in [2.05, 4.69) is 0 Å². The van der Waals surface area contributed by atoms with Gasteiger partial charge in [-0.25, -0.2) is 0 Å². The van der Waals surface area contributed by atoms with Crippen molar-refractivity contribution in [2.75, 3.05) is 13.2 Å². The molecule has 0 bridgehead atoms. The van der Waals surface area contributed by atoms with Crippen molar-refractivity contribution in [2.24, 2.45) is 0 Å². The van der Waals surface area contributed by atoms with Gasteiger partial charge in [-0.1, -0.05) is 41.9 Å². The van der Waals surface area contributed by atoms with Crippen LogP contribution in [0.15, 0.2) is 48.5 Å². The van der Waals surface area contributed by atoms with Crippen LogP contribution in [-0.2, 0) is 15.0 Å². The minimum Gasteiger partial charge on any atom is -0.347 e. The molecule has 2 amide bonds. The summed E-state index contributed by atoms with van der Waals surface area (Å²) in [4.78, 5) is 27.6. The van der Waals surface area contributed by atoms with Crippen molar-refractivity contribution in [3.05, 3.63) is 65.2 Å². The molecule has 2 radical (unpaired) electrons. The topological polar surface area (TPSA) is 55.8 Å². The Morgan fingerprint density at radius 3 is 1.92 bits per heavy atom. The zero-order valence-electron chi connectivity index (χ0n) is 14.1. The molecule has 5 rings (SSSR count). The summed E-state index contributed by atoms with van der Waals surface area (Å²) in [6, 6.07) is 14.3. The number of fused-ring (bicyclic) bond motifs is 1. The molecule has 5 nitrogen and oxygen atoms in total. The van der Waals surface area contributed by atoms with Crippen molar-refractivity contribution < 1.29 is 19.1 Å². The van der Waals surface area contributed by atoms with E-state index in [0.717, 1.165) is 5.56 Å². The summed E-state index contributed by atoms with van der Waals surface area (Å²) < 4.78 is 11.6. The molecule has 1 aliphatic carbocycles. The quantitative estimate of drug-likeness (QED) is 0.612. The Labute approximate surface area is 152 Å². The molecule has 1 saturated carbocycles. The average Bonchev–Trinajstić information content (AvgIpc) is 3.19. The van der Waals surface area contributed by atoms with Crippen molar-refractivity contribution in [1.29, 1.82) is 0 Å². The van der Waals surface area contributed by atoms with Crippen molar-refractivity contribution >= 4 is 25.1 Å². The van der Waals surface area contributed by atoms with Gasteiger partial charge in [0.25, 0.3) is 11.8 Å². The van der Waals surface area contributed by atoms with Crippen LogP contribution in [0.5, 0.6) is 0 Å². The van der Waals surface area contributed by atoms with Gasteiger partial charge in [0.2, 0.25) is 0 Å². The van der Waals surface area contributed by atoms with Gasteiger partial charge in [-0.2, -0.15) is 0 Å². The maximum absolute atomic E-state index is 13.1. The third-order valence-electron chi connectivity index (χ3n) is 5.61. The van der Waals surface area contributed by atoms with Crippen LogP contribution in [-0.4, -0.2) is 43.6 Å². The largest absolute Gasteiger partial charge is 0.347 e. The zero-order chi connectivity index (χ0) is 17.9. The number of carbonyl (C=O) groups excluding carboxylic acids is 2. The fourth-order valence-electron chi connectivity index (χ4n) is 4.40. The van der Waals surface area contributed by atoms with E-state index in [1.807, 2.05) is 12.1 Å². The first kappa shape index (κ1) is 15.8.